The monoisotopic (exact) mass is 374 g/mol. The summed E-state index contributed by atoms with van der Waals surface area (Å²) in [7, 11) is 0. The van der Waals surface area contributed by atoms with Gasteiger partial charge in [0.2, 0.25) is 11.8 Å². The summed E-state index contributed by atoms with van der Waals surface area (Å²) in [6.07, 6.45) is 3.70. The summed E-state index contributed by atoms with van der Waals surface area (Å²) in [4.78, 5) is 25.8. The Labute approximate surface area is 160 Å². The fourth-order valence-corrected chi connectivity index (χ4v) is 3.24. The minimum atomic E-state index is -0.257. The van der Waals surface area contributed by atoms with E-state index in [1.165, 1.54) is 6.08 Å². The highest BCUT2D eigenvalue weighted by molar-refractivity contribution is 7.80. The van der Waals surface area contributed by atoms with E-state index in [9.17, 15) is 9.59 Å². The van der Waals surface area contributed by atoms with Crippen LogP contribution in [0.5, 0.6) is 0 Å². The van der Waals surface area contributed by atoms with Crippen LogP contribution in [0.3, 0.4) is 0 Å². The number of para-hydroxylation sites is 1. The van der Waals surface area contributed by atoms with Crippen LogP contribution in [0.1, 0.15) is 30.9 Å². The number of amides is 2. The maximum atomic E-state index is 12.4. The number of nitrogens with one attached hydrogen (secondary N) is 3. The molecule has 7 heteroatoms. The van der Waals surface area contributed by atoms with Crippen molar-refractivity contribution in [3.63, 3.8) is 0 Å². The first-order chi connectivity index (χ1) is 12.5. The number of hydrazine groups is 1. The van der Waals surface area contributed by atoms with Crippen LogP contribution >= 0.6 is 12.2 Å². The number of nitrogens with zero attached hydrogens (tertiary/aromatic N) is 1. The van der Waals surface area contributed by atoms with Crippen LogP contribution in [-0.2, 0) is 16.0 Å². The van der Waals surface area contributed by atoms with Gasteiger partial charge in [-0.15, -0.1) is 0 Å². The first-order valence-corrected chi connectivity index (χ1v) is 9.23. The van der Waals surface area contributed by atoms with Crippen LogP contribution in [0.4, 0.5) is 5.69 Å². The number of thiocarbonyl (C=S) groups is 1. The molecule has 1 unspecified atom stereocenters. The second-order valence-electron chi connectivity index (χ2n) is 6.36. The number of hydrogen-bond acceptors (Lipinski definition) is 3. The molecule has 1 saturated heterocycles. The summed E-state index contributed by atoms with van der Waals surface area (Å²) in [5, 5.41) is 3.48. The molecule has 0 saturated carbocycles. The molecule has 0 spiro atoms. The number of piperidine rings is 1. The Kier molecular flexibility index (Phi) is 7.15. The Balaban J connectivity index is 1.88. The van der Waals surface area contributed by atoms with Gasteiger partial charge in [0, 0.05) is 18.8 Å². The Bertz CT molecular complexity index is 705. The quantitative estimate of drug-likeness (QED) is 0.428. The van der Waals surface area contributed by atoms with Gasteiger partial charge in [-0.05, 0) is 55.6 Å². The van der Waals surface area contributed by atoms with Gasteiger partial charge in [-0.1, -0.05) is 31.7 Å². The highest BCUT2D eigenvalue weighted by Crippen LogP contribution is 2.21. The van der Waals surface area contributed by atoms with E-state index >= 15 is 0 Å². The number of anilines is 1. The number of benzene rings is 1. The maximum Gasteiger partial charge on any atom is 0.245 e. The zero-order valence-electron chi connectivity index (χ0n) is 15.3. The summed E-state index contributed by atoms with van der Waals surface area (Å²) in [6.45, 7) is 8.65. The molecule has 0 bridgehead atoms. The average Bonchev–Trinajstić information content (AvgIpc) is 2.67. The summed E-state index contributed by atoms with van der Waals surface area (Å²) >= 11 is 5.29. The van der Waals surface area contributed by atoms with E-state index in [1.807, 2.05) is 25.1 Å². The van der Waals surface area contributed by atoms with E-state index in [-0.39, 0.29) is 17.7 Å². The van der Waals surface area contributed by atoms with Gasteiger partial charge in [0.25, 0.3) is 0 Å². The highest BCUT2D eigenvalue weighted by atomic mass is 32.1. The SMILES string of the molecule is C=CC(=O)N1CCCC(C(=O)NNC(=S)Nc2c(C)cccc2CC)C1. The lowest BCUT2D eigenvalue weighted by molar-refractivity contribution is -0.132. The molecule has 2 rings (SSSR count). The third-order valence-corrected chi connectivity index (χ3v) is 4.76. The molecule has 1 aliphatic rings. The zero-order chi connectivity index (χ0) is 19.1. The molecular formula is C19H26N4O2S. The number of carbonyl (C=O) groups excluding carboxylic acids is 2. The Morgan fingerprint density at radius 1 is 1.38 bits per heavy atom. The molecular weight excluding hydrogens is 348 g/mol. The van der Waals surface area contributed by atoms with Crippen molar-refractivity contribution < 1.29 is 9.59 Å². The van der Waals surface area contributed by atoms with Crippen LogP contribution in [-0.4, -0.2) is 34.9 Å². The fraction of sp³-hybridized carbons (Fsp3) is 0.421. The summed E-state index contributed by atoms with van der Waals surface area (Å²) in [6, 6.07) is 6.07. The molecule has 1 aromatic carbocycles. The molecule has 6 nitrogen and oxygen atoms in total. The molecule has 2 amide bonds. The average molecular weight is 375 g/mol. The Morgan fingerprint density at radius 2 is 2.15 bits per heavy atom. The van der Waals surface area contributed by atoms with Crippen LogP contribution in [0.25, 0.3) is 0 Å². The molecule has 140 valence electrons. The van der Waals surface area contributed by atoms with Crippen molar-refractivity contribution in [1.82, 2.24) is 15.8 Å². The number of rotatable bonds is 4. The molecule has 1 aromatic rings. The molecule has 1 heterocycles. The predicted octanol–water partition coefficient (Wildman–Crippen LogP) is 2.30. The lowest BCUT2D eigenvalue weighted by Gasteiger charge is -2.31. The van der Waals surface area contributed by atoms with E-state index in [4.69, 9.17) is 12.2 Å². The largest absolute Gasteiger partial charge is 0.338 e. The van der Waals surface area contributed by atoms with E-state index in [0.29, 0.717) is 18.2 Å². The molecule has 1 atom stereocenters. The summed E-state index contributed by atoms with van der Waals surface area (Å²) in [5.41, 5.74) is 8.62. The van der Waals surface area contributed by atoms with Gasteiger partial charge in [0.05, 0.1) is 5.92 Å². The number of hydrogen-bond donors (Lipinski definition) is 3. The van der Waals surface area contributed by atoms with E-state index in [0.717, 1.165) is 36.1 Å². The van der Waals surface area contributed by atoms with Crippen molar-refractivity contribution in [2.75, 3.05) is 18.4 Å². The molecule has 1 fully saturated rings. The van der Waals surface area contributed by atoms with Gasteiger partial charge in [-0.2, -0.15) is 0 Å². The van der Waals surface area contributed by atoms with Crippen molar-refractivity contribution >= 4 is 34.8 Å². The molecule has 26 heavy (non-hydrogen) atoms. The molecule has 0 aliphatic carbocycles. The third-order valence-electron chi connectivity index (χ3n) is 4.56. The van der Waals surface area contributed by atoms with Crippen LogP contribution in [0.15, 0.2) is 30.9 Å². The maximum absolute atomic E-state index is 12.4. The van der Waals surface area contributed by atoms with Crippen molar-refractivity contribution in [2.45, 2.75) is 33.1 Å². The lowest BCUT2D eigenvalue weighted by atomic mass is 9.97. The van der Waals surface area contributed by atoms with Crippen LogP contribution < -0.4 is 16.2 Å². The van der Waals surface area contributed by atoms with Crippen LogP contribution in [0, 0.1) is 12.8 Å². The Hall–Kier alpha value is -2.41. The Morgan fingerprint density at radius 3 is 2.85 bits per heavy atom. The van der Waals surface area contributed by atoms with Gasteiger partial charge < -0.3 is 10.2 Å². The number of carbonyl (C=O) groups is 2. The minimum absolute atomic E-state index is 0.140. The second kappa shape index (κ2) is 9.33. The summed E-state index contributed by atoms with van der Waals surface area (Å²) in [5.74, 6) is -0.567. The molecule has 3 N–H and O–H groups in total. The van der Waals surface area contributed by atoms with Gasteiger partial charge in [-0.25, -0.2) is 0 Å². The number of likely N-dealkylation sites (tertiary alicyclic amines) is 1. The first kappa shape index (κ1) is 19.9. The minimum Gasteiger partial charge on any atom is -0.338 e. The third kappa shape index (κ3) is 5.05. The molecule has 1 aliphatic heterocycles. The van der Waals surface area contributed by atoms with Crippen LogP contribution in [0.2, 0.25) is 0 Å². The molecule has 0 aromatic heterocycles. The predicted molar refractivity (Wildman–Crippen MR) is 108 cm³/mol. The van der Waals surface area contributed by atoms with Crippen molar-refractivity contribution in [3.8, 4) is 0 Å². The van der Waals surface area contributed by atoms with Crippen molar-refractivity contribution in [3.05, 3.63) is 42.0 Å². The fourth-order valence-electron chi connectivity index (χ4n) is 3.09. The highest BCUT2D eigenvalue weighted by Gasteiger charge is 2.27. The van der Waals surface area contributed by atoms with E-state index < -0.39 is 0 Å². The smallest absolute Gasteiger partial charge is 0.245 e. The normalized spacial score (nSPS) is 16.5. The van der Waals surface area contributed by atoms with Gasteiger partial charge in [-0.3, -0.25) is 20.4 Å². The van der Waals surface area contributed by atoms with Gasteiger partial charge in [0.1, 0.15) is 0 Å². The van der Waals surface area contributed by atoms with E-state index in [1.54, 1.807) is 4.90 Å². The number of aryl methyl sites for hydroxylation is 2. The zero-order valence-corrected chi connectivity index (χ0v) is 16.1. The second-order valence-corrected chi connectivity index (χ2v) is 6.77. The van der Waals surface area contributed by atoms with Gasteiger partial charge in [0.15, 0.2) is 5.11 Å². The van der Waals surface area contributed by atoms with Gasteiger partial charge >= 0.3 is 0 Å². The first-order valence-electron chi connectivity index (χ1n) is 8.83. The van der Waals surface area contributed by atoms with E-state index in [2.05, 4.69) is 29.7 Å². The molecule has 0 radical (unpaired) electrons. The van der Waals surface area contributed by atoms with Crippen molar-refractivity contribution in [2.24, 2.45) is 5.92 Å². The van der Waals surface area contributed by atoms with Crippen molar-refractivity contribution in [1.29, 1.82) is 0 Å². The standard InChI is InChI=1S/C19H26N4O2S/c1-4-14-9-6-8-13(3)17(14)20-19(26)22-21-18(25)15-10-7-11-23(12-15)16(24)5-2/h5-6,8-9,15H,2,4,7,10-12H2,1,3H3,(H,21,25)(H2,20,22,26). The summed E-state index contributed by atoms with van der Waals surface area (Å²) < 4.78 is 0. The lowest BCUT2D eigenvalue weighted by Crippen LogP contribution is -2.50. The topological polar surface area (TPSA) is 73.5 Å².